The van der Waals surface area contributed by atoms with Gasteiger partial charge in [-0.05, 0) is 42.8 Å². The molecule has 0 bridgehead atoms. The third-order valence-corrected chi connectivity index (χ3v) is 3.59. The lowest BCUT2D eigenvalue weighted by Crippen LogP contribution is -2.08. The molecule has 5 heteroatoms. The van der Waals surface area contributed by atoms with Crippen LogP contribution in [0.5, 0.6) is 0 Å². The molecule has 2 aromatic carbocycles. The molecule has 0 aliphatic rings. The number of aryl methyl sites for hydroxylation is 1. The first-order chi connectivity index (χ1) is 9.97. The summed E-state index contributed by atoms with van der Waals surface area (Å²) in [7, 11) is 3.98. The third kappa shape index (κ3) is 2.20. The fraction of sp³-hybridized carbons (Fsp3) is 0.188. The van der Waals surface area contributed by atoms with E-state index in [-0.39, 0.29) is 5.82 Å². The van der Waals surface area contributed by atoms with Crippen LogP contribution in [0.2, 0.25) is 0 Å². The normalized spacial score (nSPS) is 11.0. The lowest BCUT2D eigenvalue weighted by molar-refractivity contribution is 0.620. The van der Waals surface area contributed by atoms with Crippen molar-refractivity contribution in [3.05, 3.63) is 47.8 Å². The van der Waals surface area contributed by atoms with Crippen LogP contribution in [0, 0.1) is 12.7 Å². The minimum Gasteiger partial charge on any atom is -0.378 e. The summed E-state index contributed by atoms with van der Waals surface area (Å²) in [4.78, 5) is 6.27. The highest BCUT2D eigenvalue weighted by Gasteiger charge is 2.12. The summed E-state index contributed by atoms with van der Waals surface area (Å²) in [6.07, 6.45) is 0. The summed E-state index contributed by atoms with van der Waals surface area (Å²) in [6, 6.07) is 11.2. The average Bonchev–Trinajstić information content (AvgIpc) is 2.75. The second-order valence-corrected chi connectivity index (χ2v) is 5.31. The monoisotopic (exact) mass is 284 g/mol. The molecule has 0 unspecified atom stereocenters. The molecule has 4 nitrogen and oxygen atoms in total. The zero-order chi connectivity index (χ0) is 15.1. The van der Waals surface area contributed by atoms with E-state index in [0.29, 0.717) is 17.0 Å². The molecule has 0 radical (unpaired) electrons. The molecule has 0 spiro atoms. The zero-order valence-electron chi connectivity index (χ0n) is 12.3. The van der Waals surface area contributed by atoms with Crippen LogP contribution >= 0.6 is 0 Å². The summed E-state index contributed by atoms with van der Waals surface area (Å²) in [5.74, 6) is 0.0858. The van der Waals surface area contributed by atoms with Gasteiger partial charge in [0.2, 0.25) is 5.95 Å². The van der Waals surface area contributed by atoms with E-state index in [2.05, 4.69) is 4.98 Å². The Hall–Kier alpha value is -2.56. The van der Waals surface area contributed by atoms with E-state index in [4.69, 9.17) is 5.73 Å². The molecule has 21 heavy (non-hydrogen) atoms. The van der Waals surface area contributed by atoms with E-state index >= 15 is 0 Å². The van der Waals surface area contributed by atoms with Crippen LogP contribution in [-0.2, 0) is 0 Å². The third-order valence-electron chi connectivity index (χ3n) is 3.59. The van der Waals surface area contributed by atoms with Gasteiger partial charge in [-0.15, -0.1) is 0 Å². The van der Waals surface area contributed by atoms with Crippen LogP contribution < -0.4 is 10.6 Å². The van der Waals surface area contributed by atoms with Crippen molar-refractivity contribution in [2.45, 2.75) is 6.92 Å². The van der Waals surface area contributed by atoms with E-state index in [1.54, 1.807) is 13.0 Å². The van der Waals surface area contributed by atoms with Crippen molar-refractivity contribution in [3.63, 3.8) is 0 Å². The van der Waals surface area contributed by atoms with E-state index in [1.807, 2.05) is 47.8 Å². The minimum absolute atomic E-state index is 0.268. The van der Waals surface area contributed by atoms with Gasteiger partial charge in [-0.2, -0.15) is 0 Å². The molecule has 0 aliphatic heterocycles. The van der Waals surface area contributed by atoms with Gasteiger partial charge < -0.3 is 10.6 Å². The van der Waals surface area contributed by atoms with Gasteiger partial charge >= 0.3 is 0 Å². The maximum atomic E-state index is 13.6. The Bertz CT molecular complexity index is 803. The fourth-order valence-electron chi connectivity index (χ4n) is 2.39. The molecule has 2 N–H and O–H groups in total. The Balaban J connectivity index is 2.19. The zero-order valence-corrected chi connectivity index (χ0v) is 12.3. The highest BCUT2D eigenvalue weighted by atomic mass is 19.1. The Kier molecular flexibility index (Phi) is 3.05. The summed E-state index contributed by atoms with van der Waals surface area (Å²) in [5, 5.41) is 0. The number of nitrogen functional groups attached to an aromatic ring is 1. The van der Waals surface area contributed by atoms with Gasteiger partial charge in [0.05, 0.1) is 11.0 Å². The van der Waals surface area contributed by atoms with Gasteiger partial charge in [0.25, 0.3) is 0 Å². The van der Waals surface area contributed by atoms with Crippen LogP contribution in [0.4, 0.5) is 16.0 Å². The summed E-state index contributed by atoms with van der Waals surface area (Å²) >= 11 is 0. The van der Waals surface area contributed by atoms with E-state index in [9.17, 15) is 4.39 Å². The number of nitrogens with two attached hydrogens (primary N) is 1. The molecule has 1 heterocycles. The number of halogens is 1. The Morgan fingerprint density at radius 1 is 1.14 bits per heavy atom. The van der Waals surface area contributed by atoms with Crippen LogP contribution in [0.3, 0.4) is 0 Å². The van der Waals surface area contributed by atoms with Crippen molar-refractivity contribution in [1.82, 2.24) is 9.55 Å². The van der Waals surface area contributed by atoms with Crippen molar-refractivity contribution < 1.29 is 4.39 Å². The van der Waals surface area contributed by atoms with Crippen molar-refractivity contribution in [2.75, 3.05) is 24.7 Å². The van der Waals surface area contributed by atoms with Gasteiger partial charge in [-0.25, -0.2) is 9.37 Å². The number of anilines is 2. The number of fused-ring (bicyclic) bond motifs is 1. The number of hydrogen-bond donors (Lipinski definition) is 1. The van der Waals surface area contributed by atoms with E-state index in [1.165, 1.54) is 6.07 Å². The van der Waals surface area contributed by atoms with E-state index < -0.39 is 0 Å². The number of hydrogen-bond acceptors (Lipinski definition) is 3. The Labute approximate surface area is 122 Å². The van der Waals surface area contributed by atoms with Crippen molar-refractivity contribution in [3.8, 4) is 5.69 Å². The lowest BCUT2D eigenvalue weighted by atomic mass is 10.2. The maximum Gasteiger partial charge on any atom is 0.205 e. The second-order valence-electron chi connectivity index (χ2n) is 5.31. The Morgan fingerprint density at radius 2 is 1.81 bits per heavy atom. The second kappa shape index (κ2) is 4.77. The van der Waals surface area contributed by atoms with Crippen molar-refractivity contribution in [2.24, 2.45) is 0 Å². The Morgan fingerprint density at radius 3 is 2.43 bits per heavy atom. The number of nitrogens with zero attached hydrogens (tertiary/aromatic N) is 3. The molecule has 0 amide bonds. The molecule has 0 saturated heterocycles. The largest absolute Gasteiger partial charge is 0.378 e. The minimum atomic E-state index is -0.268. The predicted molar refractivity (Wildman–Crippen MR) is 84.5 cm³/mol. The molecular formula is C16H17FN4. The molecule has 3 rings (SSSR count). The number of aromatic nitrogens is 2. The van der Waals surface area contributed by atoms with E-state index in [0.717, 1.165) is 16.9 Å². The maximum absolute atomic E-state index is 13.6. The van der Waals surface area contributed by atoms with Gasteiger partial charge in [0.1, 0.15) is 5.82 Å². The molecule has 1 aromatic heterocycles. The number of imidazole rings is 1. The topological polar surface area (TPSA) is 47.1 Å². The van der Waals surface area contributed by atoms with Crippen LogP contribution in [0.1, 0.15) is 5.56 Å². The molecule has 0 aliphatic carbocycles. The van der Waals surface area contributed by atoms with Crippen LogP contribution in [0.25, 0.3) is 16.7 Å². The first kappa shape index (κ1) is 13.4. The van der Waals surface area contributed by atoms with Gasteiger partial charge in [0, 0.05) is 31.5 Å². The highest BCUT2D eigenvalue weighted by molar-refractivity contribution is 5.81. The van der Waals surface area contributed by atoms with Crippen molar-refractivity contribution >= 4 is 22.7 Å². The fourth-order valence-corrected chi connectivity index (χ4v) is 2.39. The quantitative estimate of drug-likeness (QED) is 0.786. The summed E-state index contributed by atoms with van der Waals surface area (Å²) in [6.45, 7) is 1.73. The van der Waals surface area contributed by atoms with Gasteiger partial charge in [-0.1, -0.05) is 0 Å². The van der Waals surface area contributed by atoms with Crippen LogP contribution in [-0.4, -0.2) is 23.6 Å². The highest BCUT2D eigenvalue weighted by Crippen LogP contribution is 2.26. The van der Waals surface area contributed by atoms with Gasteiger partial charge in [-0.3, -0.25) is 4.57 Å². The summed E-state index contributed by atoms with van der Waals surface area (Å²) < 4.78 is 15.5. The molecule has 0 atom stereocenters. The standard InChI is InChI=1S/C16H17FN4/c1-10-8-15-14(9-13(10)17)19-16(18)21(15)12-6-4-11(5-7-12)20(2)3/h4-9H,1-3H3,(H2,18,19). The SMILES string of the molecule is Cc1cc2c(cc1F)nc(N)n2-c1ccc(N(C)C)cc1. The first-order valence-corrected chi connectivity index (χ1v) is 6.69. The lowest BCUT2D eigenvalue weighted by Gasteiger charge is -2.13. The molecule has 108 valence electrons. The molecule has 3 aromatic rings. The molecular weight excluding hydrogens is 267 g/mol. The van der Waals surface area contributed by atoms with Crippen LogP contribution in [0.15, 0.2) is 36.4 Å². The first-order valence-electron chi connectivity index (χ1n) is 6.69. The number of benzene rings is 2. The smallest absolute Gasteiger partial charge is 0.205 e. The summed E-state index contributed by atoms with van der Waals surface area (Å²) in [5.41, 5.74) is 9.96. The number of rotatable bonds is 2. The van der Waals surface area contributed by atoms with Gasteiger partial charge in [0.15, 0.2) is 0 Å². The van der Waals surface area contributed by atoms with Crippen molar-refractivity contribution in [1.29, 1.82) is 0 Å². The predicted octanol–water partition coefficient (Wildman–Crippen LogP) is 3.12. The molecule has 0 saturated carbocycles. The molecule has 0 fully saturated rings. The average molecular weight is 284 g/mol.